The number of nitrogens with zero attached hydrogens (tertiary/aromatic N) is 2. The number of nitrogens with one attached hydrogen (secondary N) is 1. The number of aliphatic hydroxyl groups excluding tert-OH is 1. The van der Waals surface area contributed by atoms with Crippen LogP contribution in [0.25, 0.3) is 0 Å². The monoisotopic (exact) mass is 455 g/mol. The standard InChI is InChI=1S/C18H37N3O2.HI/c1-5-19-18(20-13-17(8-10-22)12-15(2)3)21(4)9-11-23-14-16-6-7-16;/h15-17,22H,5-14H2,1-4H3,(H,19,20);1H. The molecule has 0 saturated heterocycles. The van der Waals surface area contributed by atoms with Gasteiger partial charge in [-0.2, -0.15) is 0 Å². The summed E-state index contributed by atoms with van der Waals surface area (Å²) in [6, 6.07) is 0. The molecular formula is C18H38IN3O2. The Bertz CT molecular complexity index is 336. The summed E-state index contributed by atoms with van der Waals surface area (Å²) in [4.78, 5) is 6.92. The van der Waals surface area contributed by atoms with Crippen molar-refractivity contribution < 1.29 is 9.84 Å². The Morgan fingerprint density at radius 3 is 2.62 bits per heavy atom. The van der Waals surface area contributed by atoms with Crippen molar-refractivity contribution in [1.29, 1.82) is 0 Å². The predicted octanol–water partition coefficient (Wildman–Crippen LogP) is 2.97. The van der Waals surface area contributed by atoms with Crippen LogP contribution in [0.2, 0.25) is 0 Å². The highest BCUT2D eigenvalue weighted by Gasteiger charge is 2.21. The molecule has 5 nitrogen and oxygen atoms in total. The molecule has 6 heteroatoms. The fourth-order valence-corrected chi connectivity index (χ4v) is 2.66. The molecular weight excluding hydrogens is 417 g/mol. The maximum Gasteiger partial charge on any atom is 0.193 e. The third-order valence-corrected chi connectivity index (χ3v) is 4.16. The Kier molecular flexibility index (Phi) is 14.1. The zero-order valence-electron chi connectivity index (χ0n) is 16.0. The summed E-state index contributed by atoms with van der Waals surface area (Å²) in [5.41, 5.74) is 0. The zero-order chi connectivity index (χ0) is 17.1. The van der Waals surface area contributed by atoms with E-state index in [0.717, 1.165) is 57.6 Å². The number of aliphatic hydroxyl groups is 1. The molecule has 1 rings (SSSR count). The van der Waals surface area contributed by atoms with Crippen LogP contribution in [-0.2, 0) is 4.74 Å². The van der Waals surface area contributed by atoms with Gasteiger partial charge in [0.25, 0.3) is 0 Å². The minimum atomic E-state index is 0. The van der Waals surface area contributed by atoms with Crippen LogP contribution >= 0.6 is 24.0 Å². The van der Waals surface area contributed by atoms with Crippen LogP contribution < -0.4 is 5.32 Å². The fourth-order valence-electron chi connectivity index (χ4n) is 2.66. The molecule has 0 aliphatic heterocycles. The van der Waals surface area contributed by atoms with Gasteiger partial charge in [0.2, 0.25) is 0 Å². The summed E-state index contributed by atoms with van der Waals surface area (Å²) in [7, 11) is 2.06. The van der Waals surface area contributed by atoms with E-state index in [1.807, 2.05) is 0 Å². The number of aliphatic imine (C=N–C) groups is 1. The second-order valence-electron chi connectivity index (χ2n) is 7.14. The van der Waals surface area contributed by atoms with Crippen LogP contribution in [0.15, 0.2) is 4.99 Å². The number of hydrogen-bond donors (Lipinski definition) is 2. The second kappa shape index (κ2) is 14.1. The van der Waals surface area contributed by atoms with Gasteiger partial charge in [-0.25, -0.2) is 0 Å². The number of ether oxygens (including phenoxy) is 1. The molecule has 1 atom stereocenters. The third kappa shape index (κ3) is 11.5. The van der Waals surface area contributed by atoms with Crippen molar-refractivity contribution in [3.8, 4) is 0 Å². The first-order valence-electron chi connectivity index (χ1n) is 9.24. The number of guanidine groups is 1. The lowest BCUT2D eigenvalue weighted by Crippen LogP contribution is -2.41. The topological polar surface area (TPSA) is 57.1 Å². The molecule has 1 saturated carbocycles. The summed E-state index contributed by atoms with van der Waals surface area (Å²) in [6.45, 7) is 10.9. The van der Waals surface area contributed by atoms with Crippen molar-refractivity contribution in [2.24, 2.45) is 22.7 Å². The van der Waals surface area contributed by atoms with E-state index in [-0.39, 0.29) is 30.6 Å². The summed E-state index contributed by atoms with van der Waals surface area (Å²) in [5, 5.41) is 12.6. The summed E-state index contributed by atoms with van der Waals surface area (Å²) in [5.74, 6) is 2.85. The molecule has 1 unspecified atom stereocenters. The maximum absolute atomic E-state index is 9.23. The van der Waals surface area contributed by atoms with Crippen molar-refractivity contribution in [3.63, 3.8) is 0 Å². The first-order valence-corrected chi connectivity index (χ1v) is 9.24. The summed E-state index contributed by atoms with van der Waals surface area (Å²) >= 11 is 0. The lowest BCUT2D eigenvalue weighted by Gasteiger charge is -2.23. The Morgan fingerprint density at radius 1 is 1.38 bits per heavy atom. The van der Waals surface area contributed by atoms with E-state index >= 15 is 0 Å². The first kappa shape index (κ1) is 23.9. The number of hydrogen-bond acceptors (Lipinski definition) is 3. The second-order valence-corrected chi connectivity index (χ2v) is 7.14. The Morgan fingerprint density at radius 2 is 2.08 bits per heavy atom. The molecule has 0 aromatic carbocycles. The molecule has 144 valence electrons. The van der Waals surface area contributed by atoms with Gasteiger partial charge in [0, 0.05) is 39.9 Å². The van der Waals surface area contributed by atoms with Gasteiger partial charge in [0.1, 0.15) is 0 Å². The first-order chi connectivity index (χ1) is 11.1. The Balaban J connectivity index is 0.00000529. The molecule has 0 amide bonds. The van der Waals surface area contributed by atoms with Crippen LogP contribution in [0.3, 0.4) is 0 Å². The van der Waals surface area contributed by atoms with E-state index in [4.69, 9.17) is 9.73 Å². The molecule has 1 aliphatic carbocycles. The van der Waals surface area contributed by atoms with Crippen molar-refractivity contribution in [2.45, 2.75) is 46.5 Å². The average Bonchev–Trinajstić information content (AvgIpc) is 3.31. The largest absolute Gasteiger partial charge is 0.396 e. The minimum absolute atomic E-state index is 0. The van der Waals surface area contributed by atoms with E-state index in [1.165, 1.54) is 12.8 Å². The molecule has 24 heavy (non-hydrogen) atoms. The highest BCUT2D eigenvalue weighted by molar-refractivity contribution is 14.0. The zero-order valence-corrected chi connectivity index (χ0v) is 18.3. The molecule has 1 fully saturated rings. The number of rotatable bonds is 12. The third-order valence-electron chi connectivity index (χ3n) is 4.16. The maximum atomic E-state index is 9.23. The molecule has 0 bridgehead atoms. The predicted molar refractivity (Wildman–Crippen MR) is 112 cm³/mol. The highest BCUT2D eigenvalue weighted by Crippen LogP contribution is 2.28. The molecule has 0 radical (unpaired) electrons. The fraction of sp³-hybridized carbons (Fsp3) is 0.944. The van der Waals surface area contributed by atoms with Gasteiger partial charge in [0.15, 0.2) is 5.96 Å². The summed E-state index contributed by atoms with van der Waals surface area (Å²) < 4.78 is 5.72. The molecule has 0 heterocycles. The van der Waals surface area contributed by atoms with Crippen molar-refractivity contribution in [2.75, 3.05) is 46.5 Å². The lowest BCUT2D eigenvalue weighted by atomic mass is 9.94. The van der Waals surface area contributed by atoms with Crippen LogP contribution in [0.1, 0.15) is 46.5 Å². The van der Waals surface area contributed by atoms with Gasteiger partial charge in [-0.15, -0.1) is 24.0 Å². The van der Waals surface area contributed by atoms with E-state index < -0.39 is 0 Å². The van der Waals surface area contributed by atoms with Crippen LogP contribution in [0.5, 0.6) is 0 Å². The SMILES string of the molecule is CCNC(=NCC(CCO)CC(C)C)N(C)CCOCC1CC1.I. The van der Waals surface area contributed by atoms with Crippen LogP contribution in [0, 0.1) is 17.8 Å². The summed E-state index contributed by atoms with van der Waals surface area (Å²) in [6.07, 6.45) is 4.61. The highest BCUT2D eigenvalue weighted by atomic mass is 127. The van der Waals surface area contributed by atoms with Crippen molar-refractivity contribution >= 4 is 29.9 Å². The van der Waals surface area contributed by atoms with Crippen LogP contribution in [0.4, 0.5) is 0 Å². The molecule has 2 N–H and O–H groups in total. The lowest BCUT2D eigenvalue weighted by molar-refractivity contribution is 0.115. The van der Waals surface area contributed by atoms with Crippen molar-refractivity contribution in [1.82, 2.24) is 10.2 Å². The molecule has 0 aromatic heterocycles. The van der Waals surface area contributed by atoms with Crippen LogP contribution in [-0.4, -0.2) is 62.5 Å². The van der Waals surface area contributed by atoms with Gasteiger partial charge in [0.05, 0.1) is 6.61 Å². The number of halogens is 1. The van der Waals surface area contributed by atoms with E-state index in [1.54, 1.807) is 0 Å². The molecule has 1 aliphatic rings. The van der Waals surface area contributed by atoms with Gasteiger partial charge in [-0.3, -0.25) is 4.99 Å². The Labute approximate surface area is 165 Å². The quantitative estimate of drug-likeness (QED) is 0.206. The van der Waals surface area contributed by atoms with Gasteiger partial charge in [-0.05, 0) is 50.4 Å². The Hall–Kier alpha value is -0.0800. The van der Waals surface area contributed by atoms with Crippen molar-refractivity contribution in [3.05, 3.63) is 0 Å². The van der Waals surface area contributed by atoms with Gasteiger partial charge in [-0.1, -0.05) is 13.8 Å². The van der Waals surface area contributed by atoms with E-state index in [9.17, 15) is 5.11 Å². The average molecular weight is 455 g/mol. The molecule has 0 aromatic rings. The van der Waals surface area contributed by atoms with E-state index in [0.29, 0.717) is 11.8 Å². The van der Waals surface area contributed by atoms with Gasteiger partial charge >= 0.3 is 0 Å². The van der Waals surface area contributed by atoms with Gasteiger partial charge < -0.3 is 20.1 Å². The molecule has 0 spiro atoms. The normalized spacial score (nSPS) is 16.0. The smallest absolute Gasteiger partial charge is 0.193 e. The van der Waals surface area contributed by atoms with E-state index in [2.05, 4.69) is 38.0 Å². The number of likely N-dealkylation sites (N-methyl/N-ethyl adjacent to an activating group) is 1. The minimum Gasteiger partial charge on any atom is -0.396 e.